The average molecular weight is 519 g/mol. The van der Waals surface area contributed by atoms with Crippen molar-refractivity contribution in [2.24, 2.45) is 0 Å². The number of hydrogen-bond acceptors (Lipinski definition) is 7. The molecule has 4 aromatic rings. The normalized spacial score (nSPS) is 18.3. The average Bonchev–Trinajstić information content (AvgIpc) is 3.45. The van der Waals surface area contributed by atoms with Crippen molar-refractivity contribution in [2.75, 3.05) is 25.2 Å². The van der Waals surface area contributed by atoms with E-state index in [0.29, 0.717) is 36.0 Å². The largest absolute Gasteiger partial charge is 0.507 e. The van der Waals surface area contributed by atoms with E-state index < -0.39 is 35.1 Å². The first-order valence-electron chi connectivity index (χ1n) is 11.6. The summed E-state index contributed by atoms with van der Waals surface area (Å²) in [5.74, 6) is -3.42. The lowest BCUT2D eigenvalue weighted by molar-refractivity contribution is -0.132. The number of nitrogens with zero attached hydrogens (tertiary/aromatic N) is 2. The number of fused-ring (bicyclic) bond motifs is 2. The van der Waals surface area contributed by atoms with Gasteiger partial charge < -0.3 is 24.3 Å². The fourth-order valence-corrected chi connectivity index (χ4v) is 4.63. The van der Waals surface area contributed by atoms with E-state index in [2.05, 4.69) is 9.97 Å². The van der Waals surface area contributed by atoms with E-state index in [4.69, 9.17) is 14.2 Å². The second-order valence-corrected chi connectivity index (χ2v) is 8.65. The SMILES string of the molecule is COc1cccc(C2/C(=C(\O)c3ccc4c(c3)OCCO4)C(=O)C(=O)N2c2nc3cc(F)c(F)cc3[nH]2)c1. The van der Waals surface area contributed by atoms with Gasteiger partial charge in [-0.15, -0.1) is 0 Å². The molecule has 1 atom stereocenters. The highest BCUT2D eigenvalue weighted by atomic mass is 19.2. The maximum atomic E-state index is 13.8. The number of H-pyrrole nitrogens is 1. The number of halogens is 2. The molecule has 192 valence electrons. The van der Waals surface area contributed by atoms with Crippen molar-refractivity contribution in [1.82, 2.24) is 9.97 Å². The van der Waals surface area contributed by atoms with Crippen LogP contribution in [0.5, 0.6) is 17.2 Å². The molecule has 1 aromatic heterocycles. The van der Waals surface area contributed by atoms with Crippen LogP contribution in [0.15, 0.2) is 60.2 Å². The lowest BCUT2D eigenvalue weighted by atomic mass is 9.95. The Labute approximate surface area is 213 Å². The van der Waals surface area contributed by atoms with Crippen LogP contribution in [0.3, 0.4) is 0 Å². The highest BCUT2D eigenvalue weighted by Gasteiger charge is 2.48. The number of anilines is 1. The highest BCUT2D eigenvalue weighted by molar-refractivity contribution is 6.51. The van der Waals surface area contributed by atoms with Crippen LogP contribution in [0.2, 0.25) is 0 Å². The maximum absolute atomic E-state index is 13.8. The van der Waals surface area contributed by atoms with Crippen LogP contribution in [0.25, 0.3) is 16.8 Å². The third-order valence-corrected chi connectivity index (χ3v) is 6.41. The number of Topliss-reactive ketones (excluding diaryl/α,β-unsaturated/α-hetero) is 1. The zero-order chi connectivity index (χ0) is 26.6. The number of aliphatic hydroxyl groups is 1. The summed E-state index contributed by atoms with van der Waals surface area (Å²) >= 11 is 0. The van der Waals surface area contributed by atoms with E-state index in [-0.39, 0.29) is 28.1 Å². The molecule has 2 N–H and O–H groups in total. The summed E-state index contributed by atoms with van der Waals surface area (Å²) in [6.45, 7) is 0.698. The minimum atomic E-state index is -1.14. The molecule has 0 saturated carbocycles. The predicted octanol–water partition coefficient (Wildman–Crippen LogP) is 4.25. The molecule has 11 heteroatoms. The van der Waals surface area contributed by atoms with Crippen LogP contribution in [-0.4, -0.2) is 47.1 Å². The third kappa shape index (κ3) is 3.71. The van der Waals surface area contributed by atoms with E-state index in [0.717, 1.165) is 17.0 Å². The minimum absolute atomic E-state index is 0.0528. The first-order valence-corrected chi connectivity index (χ1v) is 11.6. The number of aromatic amines is 1. The van der Waals surface area contributed by atoms with Gasteiger partial charge in [-0.3, -0.25) is 14.5 Å². The van der Waals surface area contributed by atoms with E-state index in [1.165, 1.54) is 13.2 Å². The molecule has 1 unspecified atom stereocenters. The molecule has 6 rings (SSSR count). The van der Waals surface area contributed by atoms with Crippen molar-refractivity contribution in [3.63, 3.8) is 0 Å². The molecule has 9 nitrogen and oxygen atoms in total. The first kappa shape index (κ1) is 23.5. The molecule has 1 fully saturated rings. The Hall–Kier alpha value is -4.93. The number of imidazole rings is 1. The van der Waals surface area contributed by atoms with Crippen molar-refractivity contribution >= 4 is 34.4 Å². The number of rotatable bonds is 4. The van der Waals surface area contributed by atoms with Gasteiger partial charge in [-0.2, -0.15) is 0 Å². The minimum Gasteiger partial charge on any atom is -0.507 e. The van der Waals surface area contributed by atoms with Gasteiger partial charge in [0.2, 0.25) is 5.95 Å². The van der Waals surface area contributed by atoms with Crippen LogP contribution in [0.1, 0.15) is 17.2 Å². The summed E-state index contributed by atoms with van der Waals surface area (Å²) in [5, 5.41) is 11.4. The molecule has 2 aliphatic rings. The Balaban J connectivity index is 1.55. The number of amides is 1. The quantitative estimate of drug-likeness (QED) is 0.235. The van der Waals surface area contributed by atoms with Gasteiger partial charge in [0.1, 0.15) is 24.7 Å². The van der Waals surface area contributed by atoms with Crippen LogP contribution in [0.4, 0.5) is 14.7 Å². The van der Waals surface area contributed by atoms with Gasteiger partial charge in [0.25, 0.3) is 5.78 Å². The van der Waals surface area contributed by atoms with Crippen LogP contribution >= 0.6 is 0 Å². The molecule has 0 radical (unpaired) electrons. The van der Waals surface area contributed by atoms with E-state index in [1.807, 2.05) is 0 Å². The Kier molecular flexibility index (Phi) is 5.48. The summed E-state index contributed by atoms with van der Waals surface area (Å²) in [6.07, 6.45) is 0. The highest BCUT2D eigenvalue weighted by Crippen LogP contribution is 2.43. The molecule has 0 spiro atoms. The molecule has 0 bridgehead atoms. The number of nitrogens with one attached hydrogen (secondary N) is 1. The second-order valence-electron chi connectivity index (χ2n) is 8.65. The summed E-state index contributed by atoms with van der Waals surface area (Å²) < 4.78 is 44.1. The van der Waals surface area contributed by atoms with Crippen molar-refractivity contribution < 1.29 is 37.7 Å². The van der Waals surface area contributed by atoms with E-state index >= 15 is 0 Å². The molecular weight excluding hydrogens is 500 g/mol. The zero-order valence-corrected chi connectivity index (χ0v) is 19.8. The topological polar surface area (TPSA) is 114 Å². The number of aliphatic hydroxyl groups excluding tert-OH is 1. The van der Waals surface area contributed by atoms with E-state index in [9.17, 15) is 23.5 Å². The molecule has 38 heavy (non-hydrogen) atoms. The van der Waals surface area contributed by atoms with Gasteiger partial charge in [0.15, 0.2) is 23.1 Å². The van der Waals surface area contributed by atoms with Crippen molar-refractivity contribution in [1.29, 1.82) is 0 Å². The molecule has 0 aliphatic carbocycles. The smallest absolute Gasteiger partial charge is 0.302 e. The molecule has 2 aliphatic heterocycles. The third-order valence-electron chi connectivity index (χ3n) is 6.41. The summed E-state index contributed by atoms with van der Waals surface area (Å²) in [4.78, 5) is 34.9. The van der Waals surface area contributed by atoms with Gasteiger partial charge in [0.05, 0.1) is 29.8 Å². The van der Waals surface area contributed by atoms with Gasteiger partial charge in [0, 0.05) is 17.7 Å². The monoisotopic (exact) mass is 519 g/mol. The number of carbonyl (C=O) groups is 2. The van der Waals surface area contributed by atoms with Crippen molar-refractivity contribution in [3.8, 4) is 17.2 Å². The fraction of sp³-hybridized carbons (Fsp3) is 0.148. The Morgan fingerprint density at radius 3 is 2.61 bits per heavy atom. The Morgan fingerprint density at radius 2 is 1.82 bits per heavy atom. The first-order chi connectivity index (χ1) is 18.4. The van der Waals surface area contributed by atoms with Crippen molar-refractivity contribution in [2.45, 2.75) is 6.04 Å². The predicted molar refractivity (Wildman–Crippen MR) is 131 cm³/mol. The second kappa shape index (κ2) is 8.87. The summed E-state index contributed by atoms with van der Waals surface area (Å²) in [6, 6.07) is 11.9. The molecule has 1 amide bonds. The number of carbonyl (C=O) groups excluding carboxylic acids is 2. The number of hydrogen-bond donors (Lipinski definition) is 2. The number of methoxy groups -OCH3 is 1. The van der Waals surface area contributed by atoms with Gasteiger partial charge in [-0.05, 0) is 35.9 Å². The summed E-state index contributed by atoms with van der Waals surface area (Å²) in [7, 11) is 1.47. The lowest BCUT2D eigenvalue weighted by Gasteiger charge is -2.23. The zero-order valence-electron chi connectivity index (χ0n) is 19.8. The van der Waals surface area contributed by atoms with Gasteiger partial charge >= 0.3 is 5.91 Å². The number of aromatic nitrogens is 2. The molecule has 3 aromatic carbocycles. The standard InChI is InChI=1S/C27H19F2N3O6/c1-36-15-4-2-3-13(9-15)23-22(24(33)14-5-6-20-21(10-14)38-8-7-37-20)25(34)26(35)32(23)27-30-18-11-16(28)17(29)12-19(18)31-27/h2-6,9-12,23,33H,7-8H2,1H3,(H,30,31)/b24-22+. The lowest BCUT2D eigenvalue weighted by Crippen LogP contribution is -2.30. The number of ether oxygens (including phenoxy) is 3. The number of benzene rings is 3. The Morgan fingerprint density at radius 1 is 1.05 bits per heavy atom. The fourth-order valence-electron chi connectivity index (χ4n) is 4.63. The van der Waals surface area contributed by atoms with Crippen LogP contribution in [0, 0.1) is 11.6 Å². The molecular formula is C27H19F2N3O6. The molecule has 3 heterocycles. The molecule has 1 saturated heterocycles. The Bertz CT molecular complexity index is 1630. The van der Waals surface area contributed by atoms with Gasteiger partial charge in [-0.1, -0.05) is 12.1 Å². The number of ketones is 1. The van der Waals surface area contributed by atoms with E-state index in [1.54, 1.807) is 36.4 Å². The van der Waals surface area contributed by atoms with Gasteiger partial charge in [-0.25, -0.2) is 13.8 Å². The van der Waals surface area contributed by atoms with Crippen LogP contribution in [-0.2, 0) is 9.59 Å². The maximum Gasteiger partial charge on any atom is 0.302 e. The van der Waals surface area contributed by atoms with Crippen LogP contribution < -0.4 is 19.1 Å². The van der Waals surface area contributed by atoms with Crippen molar-refractivity contribution in [3.05, 3.63) is 82.9 Å². The summed E-state index contributed by atoms with van der Waals surface area (Å²) in [5.41, 5.74) is 0.626.